The van der Waals surface area contributed by atoms with Crippen LogP contribution >= 0.6 is 0 Å². The molecule has 0 unspecified atom stereocenters. The Morgan fingerprint density at radius 3 is 2.52 bits per heavy atom. The molecule has 124 valence electrons. The molecule has 0 bridgehead atoms. The summed E-state index contributed by atoms with van der Waals surface area (Å²) in [5, 5.41) is 5.92. The Labute approximate surface area is 123 Å². The molecular weight excluding hydrogens is 287 g/mol. The van der Waals surface area contributed by atoms with Gasteiger partial charge in [-0.05, 0) is 45.9 Å². The molecule has 1 heterocycles. The number of nitrogens with zero attached hydrogens (tertiary/aromatic N) is 1. The highest BCUT2D eigenvalue weighted by Gasteiger charge is 2.39. The molecule has 0 aromatic rings. The molecule has 0 aliphatic carbocycles. The van der Waals surface area contributed by atoms with Gasteiger partial charge in [-0.25, -0.2) is 0 Å². The summed E-state index contributed by atoms with van der Waals surface area (Å²) in [4.78, 5) is 13.4. The average molecular weight is 311 g/mol. The summed E-state index contributed by atoms with van der Waals surface area (Å²) >= 11 is 0. The van der Waals surface area contributed by atoms with Crippen LogP contribution in [-0.4, -0.2) is 69.5 Å². The Balaban J connectivity index is 2.26. The van der Waals surface area contributed by atoms with E-state index in [1.165, 1.54) is 19.1 Å². The van der Waals surface area contributed by atoms with Crippen LogP contribution in [0.3, 0.4) is 0 Å². The van der Waals surface area contributed by atoms with E-state index >= 15 is 0 Å². The monoisotopic (exact) mass is 311 g/mol. The number of halogens is 3. The van der Waals surface area contributed by atoms with Gasteiger partial charge in [0.2, 0.25) is 0 Å². The topological polar surface area (TPSA) is 53.6 Å². The Kier molecular flexibility index (Phi) is 6.89. The van der Waals surface area contributed by atoms with Crippen molar-refractivity contribution in [1.82, 2.24) is 15.5 Å². The molecule has 1 rings (SSSR count). The molecule has 0 aromatic heterocycles. The van der Waals surface area contributed by atoms with Crippen molar-refractivity contribution in [1.29, 1.82) is 0 Å². The van der Waals surface area contributed by atoms with E-state index in [9.17, 15) is 18.0 Å². The number of carbonyl (C=O) groups excluding carboxylic acids is 1. The third-order valence-electron chi connectivity index (χ3n) is 3.67. The third kappa shape index (κ3) is 6.19. The first-order chi connectivity index (χ1) is 9.79. The summed E-state index contributed by atoms with van der Waals surface area (Å²) in [6.45, 7) is 1.13. The van der Waals surface area contributed by atoms with E-state index in [4.69, 9.17) is 4.74 Å². The van der Waals surface area contributed by atoms with Crippen molar-refractivity contribution < 1.29 is 22.7 Å². The van der Waals surface area contributed by atoms with Gasteiger partial charge >= 0.3 is 6.18 Å². The molecule has 0 saturated carbocycles. The summed E-state index contributed by atoms with van der Waals surface area (Å²) < 4.78 is 41.8. The summed E-state index contributed by atoms with van der Waals surface area (Å²) in [6.07, 6.45) is -2.52. The minimum Gasteiger partial charge on any atom is -0.368 e. The SMILES string of the molecule is COC1(C(=O)NCCCN(C)CC(F)(F)F)CCNCC1. The van der Waals surface area contributed by atoms with Crippen molar-refractivity contribution in [3.8, 4) is 0 Å². The number of hydrogen-bond acceptors (Lipinski definition) is 4. The van der Waals surface area contributed by atoms with Gasteiger partial charge in [-0.3, -0.25) is 9.69 Å². The number of nitrogens with one attached hydrogen (secondary N) is 2. The molecule has 1 amide bonds. The van der Waals surface area contributed by atoms with Crippen LogP contribution in [0.5, 0.6) is 0 Å². The van der Waals surface area contributed by atoms with E-state index in [1.807, 2.05) is 0 Å². The maximum Gasteiger partial charge on any atom is 0.401 e. The molecular formula is C13H24F3N3O2. The third-order valence-corrected chi connectivity index (χ3v) is 3.67. The van der Waals surface area contributed by atoms with Crippen molar-refractivity contribution in [2.45, 2.75) is 31.0 Å². The summed E-state index contributed by atoms with van der Waals surface area (Å²) in [6, 6.07) is 0. The summed E-state index contributed by atoms with van der Waals surface area (Å²) in [5.41, 5.74) is -0.802. The van der Waals surface area contributed by atoms with E-state index in [1.54, 1.807) is 0 Å². The van der Waals surface area contributed by atoms with Gasteiger partial charge in [0.25, 0.3) is 5.91 Å². The molecule has 0 radical (unpaired) electrons. The Morgan fingerprint density at radius 2 is 2.00 bits per heavy atom. The minimum absolute atomic E-state index is 0.176. The zero-order valence-electron chi connectivity index (χ0n) is 12.6. The van der Waals surface area contributed by atoms with Crippen LogP contribution in [0.25, 0.3) is 0 Å². The second-order valence-electron chi connectivity index (χ2n) is 5.41. The highest BCUT2D eigenvalue weighted by molar-refractivity contribution is 5.85. The normalized spacial score (nSPS) is 18.8. The van der Waals surface area contributed by atoms with Crippen LogP contribution in [0.4, 0.5) is 13.2 Å². The minimum atomic E-state index is -4.19. The average Bonchev–Trinajstić information content (AvgIpc) is 2.42. The number of rotatable bonds is 7. The fraction of sp³-hybridized carbons (Fsp3) is 0.923. The van der Waals surface area contributed by atoms with Crippen LogP contribution in [0.2, 0.25) is 0 Å². The highest BCUT2D eigenvalue weighted by atomic mass is 19.4. The highest BCUT2D eigenvalue weighted by Crippen LogP contribution is 2.22. The zero-order chi connectivity index (χ0) is 15.9. The lowest BCUT2D eigenvalue weighted by molar-refractivity contribution is -0.147. The van der Waals surface area contributed by atoms with Crippen molar-refractivity contribution in [3.63, 3.8) is 0 Å². The molecule has 0 spiro atoms. The molecule has 1 aliphatic rings. The van der Waals surface area contributed by atoms with Gasteiger partial charge in [0, 0.05) is 13.7 Å². The van der Waals surface area contributed by atoms with E-state index in [-0.39, 0.29) is 12.5 Å². The van der Waals surface area contributed by atoms with Crippen LogP contribution in [0.15, 0.2) is 0 Å². The van der Waals surface area contributed by atoms with Crippen LogP contribution in [0, 0.1) is 0 Å². The number of amides is 1. The van der Waals surface area contributed by atoms with Crippen molar-refractivity contribution in [2.75, 3.05) is 46.9 Å². The molecule has 0 atom stereocenters. The largest absolute Gasteiger partial charge is 0.401 e. The molecule has 1 saturated heterocycles. The predicted molar refractivity (Wildman–Crippen MR) is 73.0 cm³/mol. The fourth-order valence-electron chi connectivity index (χ4n) is 2.45. The van der Waals surface area contributed by atoms with Crippen LogP contribution in [-0.2, 0) is 9.53 Å². The van der Waals surface area contributed by atoms with Gasteiger partial charge in [0.15, 0.2) is 0 Å². The molecule has 1 aliphatic heterocycles. The van der Waals surface area contributed by atoms with Crippen molar-refractivity contribution >= 4 is 5.91 Å². The Morgan fingerprint density at radius 1 is 1.38 bits per heavy atom. The number of ether oxygens (including phenoxy) is 1. The smallest absolute Gasteiger partial charge is 0.368 e. The first-order valence-corrected chi connectivity index (χ1v) is 7.08. The van der Waals surface area contributed by atoms with Crippen molar-refractivity contribution in [3.05, 3.63) is 0 Å². The van der Waals surface area contributed by atoms with E-state index in [2.05, 4.69) is 10.6 Å². The summed E-state index contributed by atoms with van der Waals surface area (Å²) in [7, 11) is 2.93. The summed E-state index contributed by atoms with van der Waals surface area (Å²) in [5.74, 6) is -0.176. The molecule has 21 heavy (non-hydrogen) atoms. The van der Waals surface area contributed by atoms with Gasteiger partial charge < -0.3 is 15.4 Å². The standard InChI is InChI=1S/C13H24F3N3O2/c1-19(10-13(14,15)16)9-3-6-18-11(20)12(21-2)4-7-17-8-5-12/h17H,3-10H2,1-2H3,(H,18,20). The maximum atomic E-state index is 12.2. The van der Waals surface area contributed by atoms with E-state index in [0.29, 0.717) is 25.8 Å². The molecule has 2 N–H and O–H groups in total. The molecule has 5 nitrogen and oxygen atoms in total. The number of carbonyl (C=O) groups is 1. The first kappa shape index (κ1) is 18.2. The number of methoxy groups -OCH3 is 1. The van der Waals surface area contributed by atoms with E-state index in [0.717, 1.165) is 13.1 Å². The Bertz CT molecular complexity index is 331. The predicted octanol–water partition coefficient (Wildman–Crippen LogP) is 0.755. The zero-order valence-corrected chi connectivity index (χ0v) is 12.6. The lowest BCUT2D eigenvalue weighted by Crippen LogP contribution is -2.54. The number of hydrogen-bond donors (Lipinski definition) is 2. The molecule has 8 heteroatoms. The van der Waals surface area contributed by atoms with Gasteiger partial charge in [0.1, 0.15) is 5.60 Å². The van der Waals surface area contributed by atoms with Gasteiger partial charge in [0.05, 0.1) is 6.54 Å². The number of alkyl halides is 3. The van der Waals surface area contributed by atoms with Crippen molar-refractivity contribution in [2.24, 2.45) is 0 Å². The van der Waals surface area contributed by atoms with Gasteiger partial charge in [-0.2, -0.15) is 13.2 Å². The number of piperidine rings is 1. The van der Waals surface area contributed by atoms with Crippen LogP contribution < -0.4 is 10.6 Å². The van der Waals surface area contributed by atoms with Crippen LogP contribution in [0.1, 0.15) is 19.3 Å². The maximum absolute atomic E-state index is 12.2. The second kappa shape index (κ2) is 7.95. The molecule has 1 fully saturated rings. The Hall–Kier alpha value is -0.860. The lowest BCUT2D eigenvalue weighted by Gasteiger charge is -2.34. The quantitative estimate of drug-likeness (QED) is 0.682. The van der Waals surface area contributed by atoms with Gasteiger partial charge in [-0.1, -0.05) is 0 Å². The van der Waals surface area contributed by atoms with Gasteiger partial charge in [-0.15, -0.1) is 0 Å². The van der Waals surface area contributed by atoms with E-state index < -0.39 is 18.3 Å². The second-order valence-corrected chi connectivity index (χ2v) is 5.41. The first-order valence-electron chi connectivity index (χ1n) is 7.08. The molecule has 0 aromatic carbocycles. The fourth-order valence-corrected chi connectivity index (χ4v) is 2.45. The lowest BCUT2D eigenvalue weighted by atomic mass is 9.91.